The second kappa shape index (κ2) is 16.2. The molecule has 0 saturated heterocycles. The number of hydroxylamine groups is 2. The van der Waals surface area contributed by atoms with Crippen LogP contribution in [0.4, 0.5) is 0 Å². The van der Waals surface area contributed by atoms with Crippen molar-refractivity contribution in [3.8, 4) is 0 Å². The summed E-state index contributed by atoms with van der Waals surface area (Å²) in [5, 5.41) is 0. The van der Waals surface area contributed by atoms with Gasteiger partial charge in [0.2, 0.25) is 12.8 Å². The molecule has 0 unspecified atom stereocenters. The van der Waals surface area contributed by atoms with Gasteiger partial charge in [0, 0.05) is 33.8 Å². The largest absolute Gasteiger partial charge is 0.697 e. The Labute approximate surface area is 216 Å². The molecule has 0 rings (SSSR count). The maximum atomic E-state index is 12.1. The maximum absolute atomic E-state index is 12.1. The van der Waals surface area contributed by atoms with Crippen molar-refractivity contribution in [2.24, 2.45) is 0 Å². The van der Waals surface area contributed by atoms with Crippen LogP contribution in [0.25, 0.3) is 0 Å². The number of amides is 2. The van der Waals surface area contributed by atoms with Crippen molar-refractivity contribution >= 4 is 57.6 Å². The predicted octanol–water partition coefficient (Wildman–Crippen LogP) is 0.802. The number of carbonyl (C=O) groups excluding carboxylic acids is 2. The molecule has 0 heterocycles. The summed E-state index contributed by atoms with van der Waals surface area (Å²) in [5.74, 6) is 0. The van der Waals surface area contributed by atoms with Gasteiger partial charge in [0.05, 0.1) is 13.2 Å². The summed E-state index contributed by atoms with van der Waals surface area (Å²) in [5.41, 5.74) is 0. The summed E-state index contributed by atoms with van der Waals surface area (Å²) in [6, 6.07) is 1.28. The lowest BCUT2D eigenvalue weighted by Gasteiger charge is -2.20. The molecular weight excluding hydrogens is 575 g/mol. The normalized spacial score (nSPS) is 12.8. The molecule has 0 atom stereocenters. The van der Waals surface area contributed by atoms with Gasteiger partial charge < -0.3 is 0 Å². The van der Waals surface area contributed by atoms with E-state index in [4.69, 9.17) is 18.7 Å². The van der Waals surface area contributed by atoms with Crippen molar-refractivity contribution in [2.75, 3.05) is 39.5 Å². The lowest BCUT2D eigenvalue weighted by atomic mass is 10.8. The number of nitrogens with one attached hydrogen (secondary N) is 2. The highest BCUT2D eigenvalue weighted by molar-refractivity contribution is 7.87. The standard InChI is InChI=1S/C16H38N4O11PS2Si2/c1-35(2,3)13-11-28-19(15-21)33(24,25)17-7-9-30-32(23)31-10-8-18-34(26,27)20(16-22)29-12-14-36(4,5)6/h15-18H,7-14H2,1-6H3/q+1. The highest BCUT2D eigenvalue weighted by Crippen LogP contribution is 2.22. The first kappa shape index (κ1) is 35.1. The smallest absolute Gasteiger partial charge is 0.275 e. The van der Waals surface area contributed by atoms with Crippen LogP contribution in [0.15, 0.2) is 0 Å². The average Bonchev–Trinajstić information content (AvgIpc) is 2.73. The molecule has 0 radical (unpaired) electrons. The molecule has 0 aromatic rings. The van der Waals surface area contributed by atoms with E-state index in [1.165, 1.54) is 0 Å². The minimum atomic E-state index is -4.28. The van der Waals surface area contributed by atoms with Crippen LogP contribution in [-0.2, 0) is 53.3 Å². The van der Waals surface area contributed by atoms with Gasteiger partial charge in [0.15, 0.2) is 0 Å². The zero-order valence-corrected chi connectivity index (χ0v) is 26.0. The number of nitrogens with zero attached hydrogens (tertiary/aromatic N) is 2. The Balaban J connectivity index is 4.29. The van der Waals surface area contributed by atoms with E-state index in [9.17, 15) is 31.0 Å². The van der Waals surface area contributed by atoms with E-state index in [0.29, 0.717) is 12.1 Å². The van der Waals surface area contributed by atoms with Crippen LogP contribution >= 0.6 is 8.25 Å². The fraction of sp³-hybridized carbons (Fsp3) is 0.875. The molecule has 0 aliphatic carbocycles. The van der Waals surface area contributed by atoms with Gasteiger partial charge in [-0.15, -0.1) is 9.05 Å². The number of hydrogen-bond donors (Lipinski definition) is 2. The molecule has 0 aromatic carbocycles. The average molecular weight is 614 g/mol. The van der Waals surface area contributed by atoms with E-state index in [1.54, 1.807) is 0 Å². The van der Waals surface area contributed by atoms with Gasteiger partial charge in [0.1, 0.15) is 13.2 Å². The van der Waals surface area contributed by atoms with Crippen molar-refractivity contribution in [1.29, 1.82) is 0 Å². The molecule has 0 aliphatic heterocycles. The second-order valence-electron chi connectivity index (χ2n) is 9.70. The van der Waals surface area contributed by atoms with Crippen LogP contribution in [0.2, 0.25) is 51.4 Å². The molecule has 0 aliphatic rings. The van der Waals surface area contributed by atoms with E-state index in [-0.39, 0.29) is 61.3 Å². The maximum Gasteiger partial charge on any atom is 0.697 e. The molecule has 36 heavy (non-hydrogen) atoms. The Kier molecular flexibility index (Phi) is 15.8. The van der Waals surface area contributed by atoms with E-state index >= 15 is 0 Å². The van der Waals surface area contributed by atoms with Gasteiger partial charge in [-0.2, -0.15) is 26.3 Å². The van der Waals surface area contributed by atoms with Crippen LogP contribution in [0.5, 0.6) is 0 Å². The number of hydrogen-bond acceptors (Lipinski definition) is 11. The lowest BCUT2D eigenvalue weighted by molar-refractivity contribution is -0.143. The summed E-state index contributed by atoms with van der Waals surface area (Å²) in [7, 11) is -14.2. The zero-order valence-electron chi connectivity index (χ0n) is 21.5. The summed E-state index contributed by atoms with van der Waals surface area (Å²) < 4.78 is 74.1. The van der Waals surface area contributed by atoms with Crippen molar-refractivity contribution in [2.45, 2.75) is 51.4 Å². The SMILES string of the molecule is C[Si](C)(C)CCON(C=O)S(=O)(=O)NCCO[P+](=O)OCCNS(=O)(=O)N(C=O)OCC[Si](C)(C)C. The predicted molar refractivity (Wildman–Crippen MR) is 137 cm³/mol. The van der Waals surface area contributed by atoms with E-state index in [1.807, 2.05) is 9.44 Å². The molecule has 0 aromatic heterocycles. The highest BCUT2D eigenvalue weighted by atomic mass is 32.2. The molecule has 0 bridgehead atoms. The first-order chi connectivity index (χ1) is 16.4. The van der Waals surface area contributed by atoms with Gasteiger partial charge in [-0.25, -0.2) is 0 Å². The first-order valence-electron chi connectivity index (χ1n) is 10.9. The quantitative estimate of drug-likeness (QED) is 0.0578. The molecule has 2 amide bonds. The minimum absolute atomic E-state index is 0.0150. The monoisotopic (exact) mass is 613 g/mol. The van der Waals surface area contributed by atoms with Crippen LogP contribution in [0, 0.1) is 0 Å². The third-order valence-electron chi connectivity index (χ3n) is 3.95. The summed E-state index contributed by atoms with van der Waals surface area (Å²) in [6.07, 6.45) is 0.0301. The third kappa shape index (κ3) is 16.8. The summed E-state index contributed by atoms with van der Waals surface area (Å²) in [4.78, 5) is 32.1. The van der Waals surface area contributed by atoms with Crippen molar-refractivity contribution in [3.05, 3.63) is 0 Å². The third-order valence-corrected chi connectivity index (χ3v) is 10.6. The van der Waals surface area contributed by atoms with E-state index in [0.717, 1.165) is 0 Å². The van der Waals surface area contributed by atoms with Crippen molar-refractivity contribution in [1.82, 2.24) is 18.4 Å². The van der Waals surface area contributed by atoms with Crippen LogP contribution < -0.4 is 9.44 Å². The topological polar surface area (TPSA) is 187 Å². The second-order valence-corrected chi connectivity index (χ2v) is 25.1. The molecule has 212 valence electrons. The highest BCUT2D eigenvalue weighted by Gasteiger charge is 2.26. The Morgan fingerprint density at radius 3 is 1.31 bits per heavy atom. The van der Waals surface area contributed by atoms with Crippen LogP contribution in [0.1, 0.15) is 0 Å². The minimum Gasteiger partial charge on any atom is -0.275 e. The summed E-state index contributed by atoms with van der Waals surface area (Å²) >= 11 is 0. The van der Waals surface area contributed by atoms with Crippen LogP contribution in [0.3, 0.4) is 0 Å². The Morgan fingerprint density at radius 2 is 1.03 bits per heavy atom. The van der Waals surface area contributed by atoms with Crippen molar-refractivity contribution < 1.29 is 49.7 Å². The fourth-order valence-corrected chi connectivity index (χ4v) is 5.50. The molecule has 0 spiro atoms. The number of carbonyl (C=O) groups is 2. The Morgan fingerprint density at radius 1 is 0.694 bits per heavy atom. The van der Waals surface area contributed by atoms with Gasteiger partial charge in [0.25, 0.3) is 0 Å². The zero-order chi connectivity index (χ0) is 28.0. The lowest BCUT2D eigenvalue weighted by Crippen LogP contribution is -2.42. The molecule has 0 fully saturated rings. The fourth-order valence-electron chi connectivity index (χ4n) is 1.94. The molecule has 15 nitrogen and oxygen atoms in total. The van der Waals surface area contributed by atoms with Crippen molar-refractivity contribution in [3.63, 3.8) is 0 Å². The molecule has 0 saturated carbocycles. The molecular formula is C16H38N4O11PS2Si2+. The number of rotatable bonds is 22. The van der Waals surface area contributed by atoms with Gasteiger partial charge in [-0.1, -0.05) is 48.2 Å². The summed E-state index contributed by atoms with van der Waals surface area (Å²) in [6.45, 7) is 11.1. The van der Waals surface area contributed by atoms with Gasteiger partial charge >= 0.3 is 28.7 Å². The Bertz CT molecular complexity index is 840. The van der Waals surface area contributed by atoms with E-state index < -0.39 is 44.8 Å². The Hall–Kier alpha value is -0.866. The van der Waals surface area contributed by atoms with Crippen LogP contribution in [-0.4, -0.2) is 94.3 Å². The molecule has 2 N–H and O–H groups in total. The first-order valence-corrected chi connectivity index (χ1v) is 22.3. The van der Waals surface area contributed by atoms with Gasteiger partial charge in [-0.3, -0.25) is 19.3 Å². The van der Waals surface area contributed by atoms with E-state index in [2.05, 4.69) is 39.3 Å². The van der Waals surface area contributed by atoms with Gasteiger partial charge in [-0.05, 0) is 12.1 Å². The molecule has 20 heteroatoms.